The summed E-state index contributed by atoms with van der Waals surface area (Å²) in [6.07, 6.45) is 0.622. The summed E-state index contributed by atoms with van der Waals surface area (Å²) in [5, 5.41) is 8.66. The monoisotopic (exact) mass is 224 g/mol. The average molecular weight is 224 g/mol. The number of rotatable bonds is 3. The van der Waals surface area contributed by atoms with Gasteiger partial charge in [-0.2, -0.15) is 0 Å². The van der Waals surface area contributed by atoms with Gasteiger partial charge in [-0.15, -0.1) is 0 Å². The minimum atomic E-state index is -0.780. The van der Waals surface area contributed by atoms with E-state index in [1.807, 2.05) is 18.5 Å². The van der Waals surface area contributed by atoms with Crippen LogP contribution in [0.4, 0.5) is 0 Å². The van der Waals surface area contributed by atoms with Gasteiger partial charge in [-0.1, -0.05) is 20.8 Å². The van der Waals surface area contributed by atoms with Crippen molar-refractivity contribution in [3.63, 3.8) is 0 Å². The number of carboxylic acids is 1. The second-order valence-corrected chi connectivity index (χ2v) is 5.16. The largest absolute Gasteiger partial charge is 0.481 e. The fraction of sp³-hybridized carbons (Fsp3) is 0.667. The van der Waals surface area contributed by atoms with Crippen molar-refractivity contribution in [2.75, 3.05) is 0 Å². The lowest BCUT2D eigenvalue weighted by Gasteiger charge is -2.20. The molecule has 0 radical (unpaired) electrons. The van der Waals surface area contributed by atoms with Crippen LogP contribution in [0.3, 0.4) is 0 Å². The van der Waals surface area contributed by atoms with Gasteiger partial charge < -0.3 is 9.67 Å². The molecule has 0 spiro atoms. The minimum absolute atomic E-state index is 0.0350. The topological polar surface area (TPSA) is 55.1 Å². The molecule has 0 fully saturated rings. The van der Waals surface area contributed by atoms with Crippen molar-refractivity contribution in [3.8, 4) is 0 Å². The lowest BCUT2D eigenvalue weighted by atomic mass is 9.91. The van der Waals surface area contributed by atoms with Crippen molar-refractivity contribution in [3.05, 3.63) is 17.2 Å². The SMILES string of the molecule is Cc1nc(CCC(=O)O)n(C)c1C(C)(C)C. The van der Waals surface area contributed by atoms with Crippen molar-refractivity contribution in [1.29, 1.82) is 0 Å². The Morgan fingerprint density at radius 3 is 2.38 bits per heavy atom. The van der Waals surface area contributed by atoms with Crippen molar-refractivity contribution in [2.24, 2.45) is 7.05 Å². The zero-order chi connectivity index (χ0) is 12.5. The Hall–Kier alpha value is -1.32. The van der Waals surface area contributed by atoms with Gasteiger partial charge in [0.15, 0.2) is 0 Å². The molecule has 1 rings (SSSR count). The van der Waals surface area contributed by atoms with E-state index >= 15 is 0 Å². The number of aromatic nitrogens is 2. The van der Waals surface area contributed by atoms with Gasteiger partial charge in [0.25, 0.3) is 0 Å². The lowest BCUT2D eigenvalue weighted by Crippen LogP contribution is -2.18. The summed E-state index contributed by atoms with van der Waals surface area (Å²) in [5.41, 5.74) is 2.20. The maximum Gasteiger partial charge on any atom is 0.303 e. The van der Waals surface area contributed by atoms with Gasteiger partial charge in [0.1, 0.15) is 5.82 Å². The first-order valence-electron chi connectivity index (χ1n) is 5.48. The molecular weight excluding hydrogens is 204 g/mol. The van der Waals surface area contributed by atoms with E-state index in [1.165, 1.54) is 5.69 Å². The van der Waals surface area contributed by atoms with E-state index in [9.17, 15) is 4.79 Å². The Morgan fingerprint density at radius 2 is 2.00 bits per heavy atom. The Balaban J connectivity index is 3.02. The van der Waals surface area contributed by atoms with Gasteiger partial charge in [-0.25, -0.2) is 4.98 Å². The maximum atomic E-state index is 10.5. The predicted molar refractivity (Wildman–Crippen MR) is 62.6 cm³/mol. The first kappa shape index (κ1) is 12.7. The average Bonchev–Trinajstić information content (AvgIpc) is 2.36. The fourth-order valence-electron chi connectivity index (χ4n) is 2.18. The summed E-state index contributed by atoms with van der Waals surface area (Å²) in [7, 11) is 1.96. The quantitative estimate of drug-likeness (QED) is 0.854. The van der Waals surface area contributed by atoms with Gasteiger partial charge in [-0.05, 0) is 6.92 Å². The molecule has 0 saturated heterocycles. The Bertz CT molecular complexity index is 400. The molecule has 90 valence electrons. The molecule has 0 aliphatic rings. The summed E-state index contributed by atoms with van der Waals surface area (Å²) in [4.78, 5) is 15.0. The third-order valence-electron chi connectivity index (χ3n) is 2.63. The first-order valence-corrected chi connectivity index (χ1v) is 5.48. The van der Waals surface area contributed by atoms with Gasteiger partial charge in [0, 0.05) is 24.6 Å². The van der Waals surface area contributed by atoms with E-state index in [1.54, 1.807) is 0 Å². The Labute approximate surface area is 96.3 Å². The summed E-state index contributed by atoms with van der Waals surface area (Å²) < 4.78 is 2.03. The maximum absolute atomic E-state index is 10.5. The van der Waals surface area contributed by atoms with Crippen molar-refractivity contribution in [1.82, 2.24) is 9.55 Å². The van der Waals surface area contributed by atoms with Crippen LogP contribution in [0.15, 0.2) is 0 Å². The summed E-state index contributed by atoms with van der Waals surface area (Å²) in [6.45, 7) is 8.39. The van der Waals surface area contributed by atoms with Crippen molar-refractivity contribution >= 4 is 5.97 Å². The van der Waals surface area contributed by atoms with Crippen molar-refractivity contribution in [2.45, 2.75) is 46.0 Å². The lowest BCUT2D eigenvalue weighted by molar-refractivity contribution is -0.137. The van der Waals surface area contributed by atoms with Crippen molar-refractivity contribution < 1.29 is 9.90 Å². The van der Waals surface area contributed by atoms with Crippen LogP contribution in [0.2, 0.25) is 0 Å². The highest BCUT2D eigenvalue weighted by Gasteiger charge is 2.23. The van der Waals surface area contributed by atoms with Crippen LogP contribution in [-0.2, 0) is 23.7 Å². The number of carboxylic acid groups (broad SMARTS) is 1. The molecule has 0 aliphatic heterocycles. The van der Waals surface area contributed by atoms with Gasteiger partial charge in [-0.3, -0.25) is 4.79 Å². The van der Waals surface area contributed by atoms with E-state index in [4.69, 9.17) is 5.11 Å². The van der Waals surface area contributed by atoms with Crippen LogP contribution in [0.5, 0.6) is 0 Å². The molecule has 0 saturated carbocycles. The molecule has 1 N–H and O–H groups in total. The molecule has 16 heavy (non-hydrogen) atoms. The summed E-state index contributed by atoms with van der Waals surface area (Å²) in [5.74, 6) is 0.0720. The van der Waals surface area contributed by atoms with Crippen LogP contribution < -0.4 is 0 Å². The number of hydrogen-bond donors (Lipinski definition) is 1. The molecule has 0 amide bonds. The van der Waals surface area contributed by atoms with Crippen LogP contribution in [0.1, 0.15) is 44.4 Å². The van der Waals surface area contributed by atoms with E-state index in [-0.39, 0.29) is 11.8 Å². The molecule has 1 aromatic rings. The number of aryl methyl sites for hydroxylation is 2. The smallest absolute Gasteiger partial charge is 0.303 e. The molecule has 0 aliphatic carbocycles. The van der Waals surface area contributed by atoms with E-state index in [2.05, 4.69) is 25.8 Å². The minimum Gasteiger partial charge on any atom is -0.481 e. The molecule has 1 heterocycles. The number of aliphatic carboxylic acids is 1. The molecule has 0 unspecified atom stereocenters. The van der Waals surface area contributed by atoms with Gasteiger partial charge >= 0.3 is 5.97 Å². The molecule has 1 aromatic heterocycles. The van der Waals surface area contributed by atoms with Crippen LogP contribution in [0, 0.1) is 6.92 Å². The standard InChI is InChI=1S/C12H20N2O2/c1-8-11(12(2,3)4)14(5)9(13-8)6-7-10(15)16/h6-7H2,1-5H3,(H,15,16). The Morgan fingerprint density at radius 1 is 1.44 bits per heavy atom. The third kappa shape index (κ3) is 2.62. The number of hydrogen-bond acceptors (Lipinski definition) is 2. The van der Waals surface area contributed by atoms with Crippen LogP contribution >= 0.6 is 0 Å². The molecular formula is C12H20N2O2. The van der Waals surface area contributed by atoms with E-state index in [0.717, 1.165) is 11.5 Å². The Kier molecular flexibility index (Phi) is 3.41. The summed E-state index contributed by atoms with van der Waals surface area (Å²) >= 11 is 0. The zero-order valence-electron chi connectivity index (χ0n) is 10.7. The predicted octanol–water partition coefficient (Wildman–Crippen LogP) is 2.04. The molecule has 4 heteroatoms. The second kappa shape index (κ2) is 4.28. The molecule has 0 atom stereocenters. The van der Waals surface area contributed by atoms with Crippen LogP contribution in [-0.4, -0.2) is 20.6 Å². The molecule has 0 aromatic carbocycles. The zero-order valence-corrected chi connectivity index (χ0v) is 10.7. The molecule has 4 nitrogen and oxygen atoms in total. The third-order valence-corrected chi connectivity index (χ3v) is 2.63. The number of imidazole rings is 1. The van der Waals surface area contributed by atoms with Gasteiger partial charge in [0.2, 0.25) is 0 Å². The van der Waals surface area contributed by atoms with Gasteiger partial charge in [0.05, 0.1) is 12.1 Å². The van der Waals surface area contributed by atoms with Crippen LogP contribution in [0.25, 0.3) is 0 Å². The normalized spacial score (nSPS) is 11.8. The summed E-state index contributed by atoms with van der Waals surface area (Å²) in [6, 6.07) is 0. The van der Waals surface area contributed by atoms with E-state index in [0.29, 0.717) is 6.42 Å². The highest BCUT2D eigenvalue weighted by atomic mass is 16.4. The number of nitrogens with zero attached hydrogens (tertiary/aromatic N) is 2. The second-order valence-electron chi connectivity index (χ2n) is 5.16. The number of carbonyl (C=O) groups is 1. The highest BCUT2D eigenvalue weighted by molar-refractivity contribution is 5.66. The fourth-order valence-corrected chi connectivity index (χ4v) is 2.18. The highest BCUT2D eigenvalue weighted by Crippen LogP contribution is 2.26. The van der Waals surface area contributed by atoms with E-state index < -0.39 is 5.97 Å². The molecule has 0 bridgehead atoms. The first-order chi connectivity index (χ1) is 7.23.